The Kier molecular flexibility index (Phi) is 164. The van der Waals surface area contributed by atoms with Crippen LogP contribution in [0.1, 0.15) is 34.6 Å². The number of hydrogen-bond acceptors (Lipinski definition) is 5. The maximum Gasteiger partial charge on any atom is 0.0483 e. The SMILES string of the molecule is CC(C)O.CCO.CCO.CCO.[NH4+].[OH-]. The van der Waals surface area contributed by atoms with Gasteiger partial charge >= 0.3 is 0 Å². The number of aliphatic hydroxyl groups excluding tert-OH is 4. The van der Waals surface area contributed by atoms with Gasteiger partial charge in [-0.1, -0.05) is 0 Å². The average Bonchev–Trinajstić information content (AvgIpc) is 1.88. The van der Waals surface area contributed by atoms with Gasteiger partial charge in [-0.25, -0.2) is 0 Å². The van der Waals surface area contributed by atoms with Gasteiger partial charge in [-0.15, -0.1) is 0 Å². The Morgan fingerprint density at radius 3 is 0.800 bits per heavy atom. The van der Waals surface area contributed by atoms with E-state index in [0.29, 0.717) is 0 Å². The van der Waals surface area contributed by atoms with Gasteiger partial charge in [0, 0.05) is 25.9 Å². The molecule has 0 fully saturated rings. The zero-order chi connectivity index (χ0) is 11.7. The molecule has 0 bridgehead atoms. The van der Waals surface area contributed by atoms with Crippen LogP contribution >= 0.6 is 0 Å². The molecule has 0 aromatic carbocycles. The molecule has 0 amide bonds. The normalized spacial score (nSPS) is 6.00. The minimum atomic E-state index is -0.167. The van der Waals surface area contributed by atoms with Crippen molar-refractivity contribution in [3.63, 3.8) is 0 Å². The highest BCUT2D eigenvalue weighted by Crippen LogP contribution is 1.65. The first kappa shape index (κ1) is 36.4. The molecule has 0 aliphatic carbocycles. The summed E-state index contributed by atoms with van der Waals surface area (Å²) in [4.78, 5) is 0. The first-order chi connectivity index (χ1) is 5.97. The van der Waals surface area contributed by atoms with Gasteiger partial charge in [-0.3, -0.25) is 0 Å². The van der Waals surface area contributed by atoms with Crippen LogP contribution in [0.25, 0.3) is 0 Å². The summed E-state index contributed by atoms with van der Waals surface area (Å²) in [5.41, 5.74) is 0. The van der Waals surface area contributed by atoms with E-state index in [0.717, 1.165) is 0 Å². The predicted octanol–water partition coefficient (Wildman–Crippen LogP) is 0.582. The number of aliphatic hydroxyl groups is 4. The highest BCUT2D eigenvalue weighted by molar-refractivity contribution is 4.20. The van der Waals surface area contributed by atoms with E-state index in [-0.39, 0.29) is 37.6 Å². The summed E-state index contributed by atoms with van der Waals surface area (Å²) < 4.78 is 0. The quantitative estimate of drug-likeness (QED) is 0.415. The summed E-state index contributed by atoms with van der Waals surface area (Å²) in [7, 11) is 0. The summed E-state index contributed by atoms with van der Waals surface area (Å²) in [5, 5.41) is 30.8. The van der Waals surface area contributed by atoms with Crippen LogP contribution in [0.4, 0.5) is 0 Å². The molecule has 0 aliphatic rings. The lowest BCUT2D eigenvalue weighted by Gasteiger charge is -1.80. The molecule has 0 saturated heterocycles. The lowest BCUT2D eigenvalue weighted by molar-refractivity contribution is 0.216. The van der Waals surface area contributed by atoms with Crippen molar-refractivity contribution < 1.29 is 25.9 Å². The second kappa shape index (κ2) is 67.5. The third kappa shape index (κ3) is 33000. The van der Waals surface area contributed by atoms with E-state index in [1.165, 1.54) is 0 Å². The van der Waals surface area contributed by atoms with Crippen LogP contribution in [0.3, 0.4) is 0 Å². The second-order valence-corrected chi connectivity index (χ2v) is 2.04. The van der Waals surface area contributed by atoms with Crippen molar-refractivity contribution in [2.45, 2.75) is 40.7 Å². The number of quaternary nitrogens is 1. The Morgan fingerprint density at radius 1 is 0.800 bits per heavy atom. The average molecular weight is 233 g/mol. The fourth-order valence-electron chi connectivity index (χ4n) is 0. The molecular weight excluding hydrogens is 202 g/mol. The lowest BCUT2D eigenvalue weighted by Crippen LogP contribution is -1.85. The van der Waals surface area contributed by atoms with E-state index in [9.17, 15) is 0 Å². The molecule has 6 heteroatoms. The van der Waals surface area contributed by atoms with Gasteiger partial charge in [0.25, 0.3) is 0 Å². The van der Waals surface area contributed by atoms with Crippen molar-refractivity contribution in [1.82, 2.24) is 6.15 Å². The van der Waals surface area contributed by atoms with E-state index >= 15 is 0 Å². The Bertz CT molecular complexity index is 40.0. The van der Waals surface area contributed by atoms with Crippen molar-refractivity contribution in [3.8, 4) is 0 Å². The lowest BCUT2D eigenvalue weighted by atomic mass is 10.5. The van der Waals surface area contributed by atoms with Crippen molar-refractivity contribution in [2.75, 3.05) is 19.8 Å². The Labute approximate surface area is 93.5 Å². The van der Waals surface area contributed by atoms with Gasteiger partial charge in [0.05, 0.1) is 0 Å². The van der Waals surface area contributed by atoms with E-state index in [1.807, 2.05) is 0 Å². The van der Waals surface area contributed by atoms with Crippen LogP contribution in [-0.2, 0) is 0 Å². The molecule has 0 rings (SSSR count). The molecule has 0 atom stereocenters. The van der Waals surface area contributed by atoms with Crippen molar-refractivity contribution in [2.24, 2.45) is 0 Å². The highest BCUT2D eigenvalue weighted by atomic mass is 16.3. The molecule has 15 heavy (non-hydrogen) atoms. The fourth-order valence-corrected chi connectivity index (χ4v) is 0. The summed E-state index contributed by atoms with van der Waals surface area (Å²) in [6.45, 7) is 9.24. The predicted molar refractivity (Wildman–Crippen MR) is 63.6 cm³/mol. The molecule has 0 unspecified atom stereocenters. The minimum Gasteiger partial charge on any atom is -0.870 e. The molecular formula is C9H31NO5. The van der Waals surface area contributed by atoms with Crippen LogP contribution in [0.15, 0.2) is 0 Å². The topological polar surface area (TPSA) is 147 Å². The monoisotopic (exact) mass is 233 g/mol. The maximum atomic E-state index is 8.06. The third-order valence-electron chi connectivity index (χ3n) is 0. The van der Waals surface area contributed by atoms with Gasteiger partial charge < -0.3 is 32.1 Å². The third-order valence-corrected chi connectivity index (χ3v) is 0. The molecule has 102 valence electrons. The minimum absolute atomic E-state index is 0. The number of rotatable bonds is 0. The van der Waals surface area contributed by atoms with Gasteiger partial charge in [0.2, 0.25) is 0 Å². The zero-order valence-corrected chi connectivity index (χ0v) is 10.9. The largest absolute Gasteiger partial charge is 0.870 e. The Balaban J connectivity index is -0.0000000174. The smallest absolute Gasteiger partial charge is 0.0483 e. The van der Waals surface area contributed by atoms with Gasteiger partial charge in [0.1, 0.15) is 0 Å². The van der Waals surface area contributed by atoms with Gasteiger partial charge in [-0.2, -0.15) is 0 Å². The van der Waals surface area contributed by atoms with Crippen LogP contribution in [-0.4, -0.2) is 51.8 Å². The molecule has 0 heterocycles. The van der Waals surface area contributed by atoms with Crippen LogP contribution < -0.4 is 6.15 Å². The second-order valence-electron chi connectivity index (χ2n) is 2.04. The maximum absolute atomic E-state index is 8.06. The summed E-state index contributed by atoms with van der Waals surface area (Å²) in [6, 6.07) is 0. The van der Waals surface area contributed by atoms with Crippen molar-refractivity contribution in [3.05, 3.63) is 0 Å². The molecule has 0 spiro atoms. The highest BCUT2D eigenvalue weighted by Gasteiger charge is 1.69. The summed E-state index contributed by atoms with van der Waals surface area (Å²) in [5.74, 6) is 0. The zero-order valence-electron chi connectivity index (χ0n) is 10.9. The van der Waals surface area contributed by atoms with Gasteiger partial charge in [0.15, 0.2) is 0 Å². The van der Waals surface area contributed by atoms with Crippen molar-refractivity contribution >= 4 is 0 Å². The fraction of sp³-hybridized carbons (Fsp3) is 1.00. The number of hydrogen-bond donors (Lipinski definition) is 5. The molecule has 0 radical (unpaired) electrons. The Morgan fingerprint density at radius 2 is 0.800 bits per heavy atom. The molecule has 0 aromatic heterocycles. The van der Waals surface area contributed by atoms with Crippen molar-refractivity contribution in [1.29, 1.82) is 0 Å². The van der Waals surface area contributed by atoms with Crippen LogP contribution in [0.5, 0.6) is 0 Å². The van der Waals surface area contributed by atoms with Crippen LogP contribution in [0, 0.1) is 0 Å². The van der Waals surface area contributed by atoms with Gasteiger partial charge in [-0.05, 0) is 34.6 Å². The first-order valence-electron chi connectivity index (χ1n) is 4.48. The van der Waals surface area contributed by atoms with E-state index in [1.54, 1.807) is 34.6 Å². The summed E-state index contributed by atoms with van der Waals surface area (Å²) in [6.07, 6.45) is -0.167. The van der Waals surface area contributed by atoms with Crippen LogP contribution in [0.2, 0.25) is 0 Å². The molecule has 0 aliphatic heterocycles. The van der Waals surface area contributed by atoms with E-state index in [2.05, 4.69) is 0 Å². The molecule has 0 saturated carbocycles. The molecule has 0 aromatic rings. The van der Waals surface area contributed by atoms with E-state index < -0.39 is 0 Å². The molecule has 9 N–H and O–H groups in total. The standard InChI is InChI=1S/C3H8O.3C2H6O.H3N.H2O/c1-3(2)4;3*1-2-3;;/h3-4H,1-2H3;3*3H,2H2,1H3;1H3;1H2. The molecule has 6 nitrogen and oxygen atoms in total. The Hall–Kier alpha value is -0.240. The summed E-state index contributed by atoms with van der Waals surface area (Å²) >= 11 is 0. The first-order valence-corrected chi connectivity index (χ1v) is 4.48. The van der Waals surface area contributed by atoms with E-state index in [4.69, 9.17) is 20.4 Å².